The summed E-state index contributed by atoms with van der Waals surface area (Å²) in [4.78, 5) is 14.7. The summed E-state index contributed by atoms with van der Waals surface area (Å²) in [6, 6.07) is 10.8. The molecule has 5 nitrogen and oxygen atoms in total. The summed E-state index contributed by atoms with van der Waals surface area (Å²) in [6.07, 6.45) is 3.87. The van der Waals surface area contributed by atoms with E-state index in [2.05, 4.69) is 10.3 Å². The first kappa shape index (κ1) is 20.5. The van der Waals surface area contributed by atoms with E-state index < -0.39 is 27.0 Å². The number of amides is 1. The van der Waals surface area contributed by atoms with Gasteiger partial charge in [-0.3, -0.25) is 10.2 Å². The second-order valence-electron chi connectivity index (χ2n) is 7.39. The molecule has 0 radical (unpaired) electrons. The van der Waals surface area contributed by atoms with Gasteiger partial charge in [-0.05, 0) is 55.5 Å². The number of nitrogens with one attached hydrogen (secondary N) is 2. The van der Waals surface area contributed by atoms with E-state index in [0.717, 1.165) is 30.4 Å². The van der Waals surface area contributed by atoms with E-state index in [9.17, 15) is 17.6 Å². The van der Waals surface area contributed by atoms with Crippen LogP contribution >= 0.6 is 0 Å². The topological polar surface area (TPSA) is 75.3 Å². The van der Waals surface area contributed by atoms with Gasteiger partial charge in [0.2, 0.25) is 10.0 Å². The lowest BCUT2D eigenvalue weighted by Gasteiger charge is -2.22. The summed E-state index contributed by atoms with van der Waals surface area (Å²) in [6.45, 7) is 3.53. The fourth-order valence-corrected chi connectivity index (χ4v) is 4.93. The van der Waals surface area contributed by atoms with Crippen LogP contribution < -0.4 is 10.3 Å². The van der Waals surface area contributed by atoms with Crippen molar-refractivity contribution in [3.63, 3.8) is 0 Å². The van der Waals surface area contributed by atoms with E-state index in [0.29, 0.717) is 24.0 Å². The molecule has 2 N–H and O–H groups in total. The number of aryl methyl sites for hydroxylation is 2. The molecule has 1 aliphatic carbocycles. The Balaban J connectivity index is 1.81. The Morgan fingerprint density at radius 3 is 2.43 bits per heavy atom. The number of hydrogen-bond donors (Lipinski definition) is 2. The van der Waals surface area contributed by atoms with Crippen molar-refractivity contribution in [2.45, 2.75) is 51.2 Å². The van der Waals surface area contributed by atoms with Crippen molar-refractivity contribution in [1.82, 2.24) is 10.3 Å². The van der Waals surface area contributed by atoms with Crippen molar-refractivity contribution in [2.75, 3.05) is 0 Å². The molecule has 0 aromatic heterocycles. The van der Waals surface area contributed by atoms with Crippen LogP contribution in [0.2, 0.25) is 0 Å². The molecule has 150 valence electrons. The lowest BCUT2D eigenvalue weighted by molar-refractivity contribution is 0.0940. The molecule has 0 aliphatic heterocycles. The van der Waals surface area contributed by atoms with Crippen LogP contribution in [0.3, 0.4) is 0 Å². The van der Waals surface area contributed by atoms with Crippen molar-refractivity contribution in [2.24, 2.45) is 0 Å². The maximum absolute atomic E-state index is 14.6. The fourth-order valence-electron chi connectivity index (χ4n) is 3.57. The molecule has 1 amide bonds. The first-order valence-electron chi connectivity index (χ1n) is 9.46. The van der Waals surface area contributed by atoms with Gasteiger partial charge in [-0.1, -0.05) is 49.1 Å². The zero-order valence-electron chi connectivity index (χ0n) is 16.1. The Bertz CT molecular complexity index is 983. The number of hydrogen-bond acceptors (Lipinski definition) is 3. The van der Waals surface area contributed by atoms with Crippen molar-refractivity contribution in [1.29, 1.82) is 0 Å². The van der Waals surface area contributed by atoms with Gasteiger partial charge in [0.25, 0.3) is 5.91 Å². The van der Waals surface area contributed by atoms with Crippen LogP contribution in [0, 0.1) is 19.7 Å². The smallest absolute Gasteiger partial charge is 0.269 e. The molecule has 1 saturated carbocycles. The molecule has 1 aliphatic rings. The van der Waals surface area contributed by atoms with Crippen molar-refractivity contribution in [3.05, 3.63) is 58.9 Å². The van der Waals surface area contributed by atoms with Crippen molar-refractivity contribution < 1.29 is 17.6 Å². The van der Waals surface area contributed by atoms with Crippen LogP contribution in [0.5, 0.6) is 0 Å². The second kappa shape index (κ2) is 8.41. The van der Waals surface area contributed by atoms with Gasteiger partial charge in [0.15, 0.2) is 0 Å². The Hall–Kier alpha value is -2.25. The highest BCUT2D eigenvalue weighted by Crippen LogP contribution is 2.26. The van der Waals surface area contributed by atoms with Crippen molar-refractivity contribution >= 4 is 15.9 Å². The number of benzene rings is 2. The second-order valence-corrected chi connectivity index (χ2v) is 9.35. The number of halogens is 1. The number of carbonyl (C=O) groups excluding carboxylic acids is 1. The van der Waals surface area contributed by atoms with Crippen LogP contribution in [0.4, 0.5) is 4.39 Å². The minimum Gasteiger partial charge on any atom is -0.274 e. The molecule has 3 rings (SSSR count). The average Bonchev–Trinajstić information content (AvgIpc) is 2.69. The van der Waals surface area contributed by atoms with Gasteiger partial charge in [-0.2, -0.15) is 0 Å². The molecule has 2 aromatic rings. The van der Waals surface area contributed by atoms with Crippen LogP contribution in [-0.2, 0) is 10.0 Å². The summed E-state index contributed by atoms with van der Waals surface area (Å²) in [5.74, 6) is -1.47. The van der Waals surface area contributed by atoms with Gasteiger partial charge < -0.3 is 0 Å². The first-order valence-corrected chi connectivity index (χ1v) is 11.0. The average molecular weight is 405 g/mol. The van der Waals surface area contributed by atoms with Gasteiger partial charge in [0.05, 0.1) is 10.8 Å². The highest BCUT2D eigenvalue weighted by Gasteiger charge is 2.28. The van der Waals surface area contributed by atoms with Crippen LogP contribution in [0.25, 0.3) is 11.1 Å². The summed E-state index contributed by atoms with van der Waals surface area (Å²) < 4.78 is 39.3. The third-order valence-electron chi connectivity index (χ3n) is 5.15. The minimum absolute atomic E-state index is 0.192. The van der Waals surface area contributed by atoms with E-state index in [-0.39, 0.29) is 5.56 Å². The molecule has 2 aromatic carbocycles. The Morgan fingerprint density at radius 2 is 1.75 bits per heavy atom. The van der Waals surface area contributed by atoms with Gasteiger partial charge in [-0.25, -0.2) is 12.8 Å². The highest BCUT2D eigenvalue weighted by atomic mass is 32.2. The molecule has 0 bridgehead atoms. The number of sulfonamides is 1. The van der Waals surface area contributed by atoms with E-state index in [4.69, 9.17) is 0 Å². The van der Waals surface area contributed by atoms with E-state index in [1.807, 2.05) is 31.2 Å². The Morgan fingerprint density at radius 1 is 1.04 bits per heavy atom. The monoisotopic (exact) mass is 404 g/mol. The SMILES string of the molecule is Cc1cccc(-c2cc(C)c(F)c(C(=O)NNS(=O)(=O)C3CCCCC3)c2)c1. The van der Waals surface area contributed by atoms with Crippen LogP contribution in [-0.4, -0.2) is 19.6 Å². The van der Waals surface area contributed by atoms with Gasteiger partial charge in [0, 0.05) is 0 Å². The molecule has 0 saturated heterocycles. The zero-order chi connectivity index (χ0) is 20.3. The first-order chi connectivity index (χ1) is 13.3. The van der Waals surface area contributed by atoms with E-state index in [1.54, 1.807) is 13.0 Å². The molecule has 0 atom stereocenters. The summed E-state index contributed by atoms with van der Waals surface area (Å²) in [5, 5.41) is -0.522. The number of carbonyl (C=O) groups is 1. The Labute approximate surface area is 165 Å². The molecule has 1 fully saturated rings. The maximum Gasteiger partial charge on any atom is 0.269 e. The summed E-state index contributed by atoms with van der Waals surface area (Å²) >= 11 is 0. The normalized spacial score (nSPS) is 15.4. The largest absolute Gasteiger partial charge is 0.274 e. The molecular weight excluding hydrogens is 379 g/mol. The standard InChI is InChI=1S/C21H25FN2O3S/c1-14-7-6-8-16(11-14)17-12-15(2)20(22)19(13-17)21(25)23-24-28(26,27)18-9-4-3-5-10-18/h6-8,11-13,18,24H,3-5,9-10H2,1-2H3,(H,23,25). The molecule has 0 unspecified atom stereocenters. The van der Waals surface area contributed by atoms with Gasteiger partial charge in [-0.15, -0.1) is 4.83 Å². The zero-order valence-corrected chi connectivity index (χ0v) is 16.9. The predicted molar refractivity (Wildman–Crippen MR) is 108 cm³/mol. The Kier molecular flexibility index (Phi) is 6.15. The quantitative estimate of drug-likeness (QED) is 0.740. The van der Waals surface area contributed by atoms with Gasteiger partial charge in [0.1, 0.15) is 5.82 Å². The summed E-state index contributed by atoms with van der Waals surface area (Å²) in [5.41, 5.74) is 4.91. The minimum atomic E-state index is -3.68. The fraction of sp³-hybridized carbons (Fsp3) is 0.381. The van der Waals surface area contributed by atoms with E-state index in [1.165, 1.54) is 6.07 Å². The molecule has 7 heteroatoms. The maximum atomic E-state index is 14.6. The van der Waals surface area contributed by atoms with Crippen molar-refractivity contribution in [3.8, 4) is 11.1 Å². The van der Waals surface area contributed by atoms with E-state index >= 15 is 0 Å². The molecule has 28 heavy (non-hydrogen) atoms. The molecule has 0 spiro atoms. The number of rotatable bonds is 5. The lowest BCUT2D eigenvalue weighted by Crippen LogP contribution is -2.46. The predicted octanol–water partition coefficient (Wildman–Crippen LogP) is 4.01. The van der Waals surface area contributed by atoms with Gasteiger partial charge >= 0.3 is 0 Å². The highest BCUT2D eigenvalue weighted by molar-refractivity contribution is 7.90. The third-order valence-corrected chi connectivity index (χ3v) is 6.88. The summed E-state index contributed by atoms with van der Waals surface area (Å²) in [7, 11) is -3.68. The van der Waals surface area contributed by atoms with Crippen LogP contribution in [0.1, 0.15) is 53.6 Å². The number of hydrazine groups is 1. The third kappa shape index (κ3) is 4.59. The molecule has 0 heterocycles. The van der Waals surface area contributed by atoms with Crippen LogP contribution in [0.15, 0.2) is 36.4 Å². The lowest BCUT2D eigenvalue weighted by atomic mass is 9.98. The molecular formula is C21H25FN2O3S.